The predicted octanol–water partition coefficient (Wildman–Crippen LogP) is 3.32. The number of carbonyl (C=O) groups excluding carboxylic acids is 1. The van der Waals surface area contributed by atoms with E-state index >= 15 is 0 Å². The van der Waals surface area contributed by atoms with Crippen molar-refractivity contribution in [3.63, 3.8) is 0 Å². The summed E-state index contributed by atoms with van der Waals surface area (Å²) in [4.78, 5) is 11.7. The first kappa shape index (κ1) is 13.7. The Morgan fingerprint density at radius 2 is 2.11 bits per heavy atom. The fourth-order valence-electron chi connectivity index (χ4n) is 1.84. The van der Waals surface area contributed by atoms with Crippen molar-refractivity contribution in [2.75, 3.05) is 12.4 Å². The normalized spacial score (nSPS) is 10.3. The van der Waals surface area contributed by atoms with Gasteiger partial charge >= 0.3 is 0 Å². The van der Waals surface area contributed by atoms with E-state index in [0.717, 1.165) is 17.0 Å². The highest BCUT2D eigenvalue weighted by Gasteiger charge is 2.10. The standard InChI is InChI=1S/C14H15BrN2O2/c1-9-11(14(18)16-2)4-3-5-12(9)17-8-10-6-7-13(15)19-10/h3-7,17H,8H2,1-2H3,(H,16,18). The predicted molar refractivity (Wildman–Crippen MR) is 78.3 cm³/mol. The van der Waals surface area contributed by atoms with Gasteiger partial charge in [-0.15, -0.1) is 0 Å². The number of benzene rings is 1. The van der Waals surface area contributed by atoms with Crippen LogP contribution in [0.25, 0.3) is 0 Å². The lowest BCUT2D eigenvalue weighted by atomic mass is 10.1. The molecule has 1 heterocycles. The van der Waals surface area contributed by atoms with E-state index < -0.39 is 0 Å². The largest absolute Gasteiger partial charge is 0.452 e. The van der Waals surface area contributed by atoms with Crippen molar-refractivity contribution in [1.82, 2.24) is 5.32 Å². The first-order chi connectivity index (χ1) is 9.11. The molecule has 0 spiro atoms. The van der Waals surface area contributed by atoms with Crippen LogP contribution < -0.4 is 10.6 Å². The lowest BCUT2D eigenvalue weighted by Gasteiger charge is -2.11. The summed E-state index contributed by atoms with van der Waals surface area (Å²) in [6.07, 6.45) is 0. The Hall–Kier alpha value is -1.75. The number of anilines is 1. The van der Waals surface area contributed by atoms with Crippen LogP contribution in [0.3, 0.4) is 0 Å². The van der Waals surface area contributed by atoms with Crippen LogP contribution in [0.4, 0.5) is 5.69 Å². The van der Waals surface area contributed by atoms with Gasteiger partial charge in [-0.3, -0.25) is 4.79 Å². The average Bonchev–Trinajstić information content (AvgIpc) is 2.82. The average molecular weight is 323 g/mol. The number of nitrogens with one attached hydrogen (secondary N) is 2. The number of furan rings is 1. The molecule has 0 saturated carbocycles. The highest BCUT2D eigenvalue weighted by molar-refractivity contribution is 9.10. The third kappa shape index (κ3) is 3.17. The monoisotopic (exact) mass is 322 g/mol. The van der Waals surface area contributed by atoms with E-state index in [2.05, 4.69) is 26.6 Å². The minimum atomic E-state index is -0.0816. The van der Waals surface area contributed by atoms with Gasteiger partial charge < -0.3 is 15.1 Å². The van der Waals surface area contributed by atoms with Crippen LogP contribution in [0.15, 0.2) is 39.4 Å². The molecular weight excluding hydrogens is 308 g/mol. The number of amides is 1. The van der Waals surface area contributed by atoms with Crippen LogP contribution in [0.2, 0.25) is 0 Å². The van der Waals surface area contributed by atoms with Crippen molar-refractivity contribution in [2.45, 2.75) is 13.5 Å². The summed E-state index contributed by atoms with van der Waals surface area (Å²) >= 11 is 3.27. The van der Waals surface area contributed by atoms with E-state index in [1.807, 2.05) is 37.3 Å². The zero-order valence-corrected chi connectivity index (χ0v) is 12.4. The van der Waals surface area contributed by atoms with Gasteiger partial charge in [0.25, 0.3) is 5.91 Å². The molecule has 1 aromatic heterocycles. The Morgan fingerprint density at radius 1 is 1.32 bits per heavy atom. The molecule has 1 amide bonds. The summed E-state index contributed by atoms with van der Waals surface area (Å²) in [6.45, 7) is 2.49. The van der Waals surface area contributed by atoms with Gasteiger partial charge in [-0.05, 0) is 52.7 Å². The van der Waals surface area contributed by atoms with Gasteiger partial charge in [0.1, 0.15) is 5.76 Å². The minimum Gasteiger partial charge on any atom is -0.452 e. The van der Waals surface area contributed by atoms with Gasteiger partial charge in [-0.25, -0.2) is 0 Å². The van der Waals surface area contributed by atoms with Gasteiger partial charge in [0.05, 0.1) is 6.54 Å². The van der Waals surface area contributed by atoms with Gasteiger partial charge in [0, 0.05) is 18.3 Å². The highest BCUT2D eigenvalue weighted by Crippen LogP contribution is 2.21. The molecule has 2 N–H and O–H groups in total. The molecule has 4 nitrogen and oxygen atoms in total. The van der Waals surface area contributed by atoms with Crippen LogP contribution in [0.5, 0.6) is 0 Å². The van der Waals surface area contributed by atoms with Crippen LogP contribution >= 0.6 is 15.9 Å². The molecule has 0 fully saturated rings. The van der Waals surface area contributed by atoms with Gasteiger partial charge in [-0.1, -0.05) is 6.07 Å². The number of rotatable bonds is 4. The lowest BCUT2D eigenvalue weighted by Crippen LogP contribution is -2.19. The second-order valence-corrected chi connectivity index (χ2v) is 4.90. The van der Waals surface area contributed by atoms with Crippen LogP contribution in [0.1, 0.15) is 21.7 Å². The van der Waals surface area contributed by atoms with Gasteiger partial charge in [0.15, 0.2) is 4.67 Å². The zero-order valence-electron chi connectivity index (χ0n) is 10.8. The molecule has 19 heavy (non-hydrogen) atoms. The molecule has 0 bridgehead atoms. The number of hydrogen-bond donors (Lipinski definition) is 2. The Balaban J connectivity index is 2.14. The molecule has 0 aliphatic heterocycles. The SMILES string of the molecule is CNC(=O)c1cccc(NCc2ccc(Br)o2)c1C. The number of halogens is 1. The van der Waals surface area contributed by atoms with Crippen molar-refractivity contribution in [3.8, 4) is 0 Å². The molecule has 2 aromatic rings. The molecule has 2 rings (SSSR count). The molecule has 0 aliphatic rings. The smallest absolute Gasteiger partial charge is 0.251 e. The molecule has 0 saturated heterocycles. The quantitative estimate of drug-likeness (QED) is 0.907. The van der Waals surface area contributed by atoms with Crippen LogP contribution in [0, 0.1) is 6.92 Å². The van der Waals surface area contributed by atoms with Crippen LogP contribution in [-0.2, 0) is 6.54 Å². The second-order valence-electron chi connectivity index (χ2n) is 4.12. The summed E-state index contributed by atoms with van der Waals surface area (Å²) in [5, 5.41) is 5.90. The van der Waals surface area contributed by atoms with Crippen molar-refractivity contribution < 1.29 is 9.21 Å². The van der Waals surface area contributed by atoms with Gasteiger partial charge in [0.2, 0.25) is 0 Å². The molecule has 100 valence electrons. The Kier molecular flexibility index (Phi) is 4.27. The lowest BCUT2D eigenvalue weighted by molar-refractivity contribution is 0.0962. The maximum absolute atomic E-state index is 11.7. The topological polar surface area (TPSA) is 54.3 Å². The van der Waals surface area contributed by atoms with E-state index in [1.54, 1.807) is 7.05 Å². The summed E-state index contributed by atoms with van der Waals surface area (Å²) < 4.78 is 6.13. The van der Waals surface area contributed by atoms with E-state index in [-0.39, 0.29) is 5.91 Å². The Morgan fingerprint density at radius 3 is 2.74 bits per heavy atom. The maximum Gasteiger partial charge on any atom is 0.251 e. The second kappa shape index (κ2) is 5.93. The van der Waals surface area contributed by atoms with E-state index in [0.29, 0.717) is 16.8 Å². The number of hydrogen-bond acceptors (Lipinski definition) is 3. The van der Waals surface area contributed by atoms with Crippen molar-refractivity contribution in [1.29, 1.82) is 0 Å². The summed E-state index contributed by atoms with van der Waals surface area (Å²) in [6, 6.07) is 9.36. The first-order valence-corrected chi connectivity index (χ1v) is 6.71. The summed E-state index contributed by atoms with van der Waals surface area (Å²) in [5.74, 6) is 0.749. The zero-order chi connectivity index (χ0) is 13.8. The highest BCUT2D eigenvalue weighted by atomic mass is 79.9. The third-order valence-corrected chi connectivity index (χ3v) is 3.31. The molecule has 5 heteroatoms. The molecule has 0 unspecified atom stereocenters. The third-order valence-electron chi connectivity index (χ3n) is 2.89. The number of carbonyl (C=O) groups is 1. The molecule has 0 aliphatic carbocycles. The van der Waals surface area contributed by atoms with E-state index in [4.69, 9.17) is 4.42 Å². The van der Waals surface area contributed by atoms with Gasteiger partial charge in [-0.2, -0.15) is 0 Å². The van der Waals surface area contributed by atoms with E-state index in [1.165, 1.54) is 0 Å². The summed E-state index contributed by atoms with van der Waals surface area (Å²) in [5.41, 5.74) is 2.52. The molecule has 1 aromatic carbocycles. The van der Waals surface area contributed by atoms with E-state index in [9.17, 15) is 4.79 Å². The fraction of sp³-hybridized carbons (Fsp3) is 0.214. The first-order valence-electron chi connectivity index (χ1n) is 5.91. The summed E-state index contributed by atoms with van der Waals surface area (Å²) in [7, 11) is 1.63. The molecule has 0 atom stereocenters. The van der Waals surface area contributed by atoms with Crippen molar-refractivity contribution in [3.05, 3.63) is 51.9 Å². The fourth-order valence-corrected chi connectivity index (χ4v) is 2.18. The maximum atomic E-state index is 11.7. The Labute approximate surface area is 120 Å². The molecule has 0 radical (unpaired) electrons. The Bertz CT molecular complexity index is 593. The minimum absolute atomic E-state index is 0.0816. The van der Waals surface area contributed by atoms with Crippen LogP contribution in [-0.4, -0.2) is 13.0 Å². The molecular formula is C14H15BrN2O2. The van der Waals surface area contributed by atoms with Crippen molar-refractivity contribution >= 4 is 27.5 Å². The van der Waals surface area contributed by atoms with Crippen molar-refractivity contribution in [2.24, 2.45) is 0 Å².